The third kappa shape index (κ3) is 4.67. The number of aliphatic hydroxyl groups is 1. The number of hydrogen-bond donors (Lipinski definition) is 2. The molecule has 0 bridgehead atoms. The van der Waals surface area contributed by atoms with Crippen molar-refractivity contribution in [2.75, 3.05) is 25.6 Å². The molecule has 0 fully saturated rings. The molecule has 0 unspecified atom stereocenters. The van der Waals surface area contributed by atoms with E-state index in [1.807, 2.05) is 0 Å². The predicted molar refractivity (Wildman–Crippen MR) is 67.5 cm³/mol. The first-order chi connectivity index (χ1) is 8.67. The topological polar surface area (TPSA) is 84.3 Å². The van der Waals surface area contributed by atoms with Gasteiger partial charge >= 0.3 is 5.97 Å². The number of carbonyl (C=O) groups is 1. The standard InChI is InChI=1S/C12H19N3O3/c1-9-8-10(13-6-4-3-5-7-16)15-11(14-9)12(17)18-2/h8,16H,3-7H2,1-2H3,(H,13,14,15). The van der Waals surface area contributed by atoms with Crippen LogP contribution in [0.15, 0.2) is 6.07 Å². The normalized spacial score (nSPS) is 10.2. The lowest BCUT2D eigenvalue weighted by molar-refractivity contribution is 0.0586. The molecule has 2 N–H and O–H groups in total. The number of unbranched alkanes of at least 4 members (excludes halogenated alkanes) is 2. The molecule has 18 heavy (non-hydrogen) atoms. The van der Waals surface area contributed by atoms with E-state index < -0.39 is 5.97 Å². The maximum atomic E-state index is 11.3. The van der Waals surface area contributed by atoms with E-state index in [0.717, 1.165) is 25.8 Å². The van der Waals surface area contributed by atoms with Crippen LogP contribution in [0.2, 0.25) is 0 Å². The zero-order valence-corrected chi connectivity index (χ0v) is 10.8. The molecule has 0 saturated heterocycles. The molecule has 0 saturated carbocycles. The number of nitrogens with zero attached hydrogens (tertiary/aromatic N) is 2. The van der Waals surface area contributed by atoms with E-state index in [9.17, 15) is 4.79 Å². The van der Waals surface area contributed by atoms with E-state index in [2.05, 4.69) is 20.0 Å². The Bertz CT molecular complexity index is 396. The molecule has 1 aromatic heterocycles. The molecule has 0 aliphatic heterocycles. The van der Waals surface area contributed by atoms with E-state index in [0.29, 0.717) is 11.5 Å². The molecular formula is C12H19N3O3. The van der Waals surface area contributed by atoms with Crippen molar-refractivity contribution in [1.29, 1.82) is 0 Å². The summed E-state index contributed by atoms with van der Waals surface area (Å²) >= 11 is 0. The first-order valence-electron chi connectivity index (χ1n) is 5.96. The molecule has 0 amide bonds. The Morgan fingerprint density at radius 3 is 2.83 bits per heavy atom. The van der Waals surface area contributed by atoms with Crippen LogP contribution < -0.4 is 5.32 Å². The smallest absolute Gasteiger partial charge is 0.376 e. The second-order valence-electron chi connectivity index (χ2n) is 3.92. The average Bonchev–Trinajstić information content (AvgIpc) is 2.37. The number of aromatic nitrogens is 2. The summed E-state index contributed by atoms with van der Waals surface area (Å²) in [5.41, 5.74) is 0.711. The van der Waals surface area contributed by atoms with Gasteiger partial charge < -0.3 is 15.2 Å². The molecule has 1 aromatic rings. The zero-order chi connectivity index (χ0) is 13.4. The Morgan fingerprint density at radius 2 is 2.17 bits per heavy atom. The molecule has 0 atom stereocenters. The largest absolute Gasteiger partial charge is 0.463 e. The van der Waals surface area contributed by atoms with Crippen LogP contribution in [0.1, 0.15) is 35.6 Å². The molecular weight excluding hydrogens is 234 g/mol. The Balaban J connectivity index is 2.55. The second-order valence-corrected chi connectivity index (χ2v) is 3.92. The molecule has 1 rings (SSSR count). The van der Waals surface area contributed by atoms with Crippen LogP contribution in [0.25, 0.3) is 0 Å². The molecule has 1 heterocycles. The van der Waals surface area contributed by atoms with Gasteiger partial charge in [0.05, 0.1) is 7.11 Å². The fraction of sp³-hybridized carbons (Fsp3) is 0.583. The second kappa shape index (κ2) is 7.60. The van der Waals surface area contributed by atoms with Crippen LogP contribution in [-0.4, -0.2) is 41.3 Å². The van der Waals surface area contributed by atoms with Gasteiger partial charge in [0.1, 0.15) is 5.82 Å². The Hall–Kier alpha value is -1.69. The highest BCUT2D eigenvalue weighted by atomic mass is 16.5. The summed E-state index contributed by atoms with van der Waals surface area (Å²) in [6, 6.07) is 1.78. The fourth-order valence-corrected chi connectivity index (χ4v) is 1.47. The van der Waals surface area contributed by atoms with Gasteiger partial charge in [-0.1, -0.05) is 0 Å². The number of nitrogens with one attached hydrogen (secondary N) is 1. The van der Waals surface area contributed by atoms with E-state index >= 15 is 0 Å². The van der Waals surface area contributed by atoms with Crippen LogP contribution in [0.3, 0.4) is 0 Å². The maximum absolute atomic E-state index is 11.3. The van der Waals surface area contributed by atoms with Crippen molar-refractivity contribution in [1.82, 2.24) is 9.97 Å². The fourth-order valence-electron chi connectivity index (χ4n) is 1.47. The Kier molecular flexibility index (Phi) is 6.07. The van der Waals surface area contributed by atoms with Crippen LogP contribution in [-0.2, 0) is 4.74 Å². The molecule has 0 radical (unpaired) electrons. The lowest BCUT2D eigenvalue weighted by atomic mass is 10.2. The number of aliphatic hydroxyl groups excluding tert-OH is 1. The highest BCUT2D eigenvalue weighted by Crippen LogP contribution is 2.07. The minimum Gasteiger partial charge on any atom is -0.463 e. The number of esters is 1. The van der Waals surface area contributed by atoms with Crippen molar-refractivity contribution in [2.24, 2.45) is 0 Å². The minimum absolute atomic E-state index is 0.0651. The van der Waals surface area contributed by atoms with Gasteiger partial charge in [0.15, 0.2) is 0 Å². The molecule has 6 heteroatoms. The quantitative estimate of drug-likeness (QED) is 0.560. The van der Waals surface area contributed by atoms with Crippen LogP contribution in [0, 0.1) is 6.92 Å². The Morgan fingerprint density at radius 1 is 1.39 bits per heavy atom. The summed E-state index contributed by atoms with van der Waals surface area (Å²) < 4.78 is 4.58. The SMILES string of the molecule is COC(=O)c1nc(C)cc(NCCCCCO)n1. The van der Waals surface area contributed by atoms with Gasteiger partial charge in [0, 0.05) is 24.9 Å². The number of aryl methyl sites for hydroxylation is 1. The molecule has 0 aliphatic rings. The Labute approximate surface area is 106 Å². The number of hydrogen-bond acceptors (Lipinski definition) is 6. The summed E-state index contributed by atoms with van der Waals surface area (Å²) in [5.74, 6) is 0.143. The van der Waals surface area contributed by atoms with Crippen LogP contribution in [0.5, 0.6) is 0 Å². The highest BCUT2D eigenvalue weighted by Gasteiger charge is 2.10. The molecule has 0 aliphatic carbocycles. The van der Waals surface area contributed by atoms with Crippen molar-refractivity contribution in [2.45, 2.75) is 26.2 Å². The predicted octanol–water partition coefficient (Wildman–Crippen LogP) is 1.15. The van der Waals surface area contributed by atoms with Crippen molar-refractivity contribution < 1.29 is 14.6 Å². The van der Waals surface area contributed by atoms with Crippen molar-refractivity contribution >= 4 is 11.8 Å². The van der Waals surface area contributed by atoms with E-state index in [1.54, 1.807) is 13.0 Å². The third-order valence-corrected chi connectivity index (χ3v) is 2.36. The highest BCUT2D eigenvalue weighted by molar-refractivity contribution is 5.85. The van der Waals surface area contributed by atoms with Crippen LogP contribution >= 0.6 is 0 Å². The molecule has 0 spiro atoms. The summed E-state index contributed by atoms with van der Waals surface area (Å²) in [7, 11) is 1.30. The number of carbonyl (C=O) groups excluding carboxylic acids is 1. The van der Waals surface area contributed by atoms with Gasteiger partial charge in [-0.25, -0.2) is 14.8 Å². The van der Waals surface area contributed by atoms with Gasteiger partial charge in [-0.15, -0.1) is 0 Å². The van der Waals surface area contributed by atoms with Gasteiger partial charge in [-0.05, 0) is 26.2 Å². The number of anilines is 1. The van der Waals surface area contributed by atoms with Gasteiger partial charge in [0.2, 0.25) is 5.82 Å². The summed E-state index contributed by atoms with van der Waals surface area (Å²) in [6.45, 7) is 2.77. The third-order valence-electron chi connectivity index (χ3n) is 2.36. The van der Waals surface area contributed by atoms with E-state index in [-0.39, 0.29) is 12.4 Å². The first kappa shape index (κ1) is 14.4. The first-order valence-corrected chi connectivity index (χ1v) is 5.96. The summed E-state index contributed by atoms with van der Waals surface area (Å²) in [5, 5.41) is 11.8. The van der Waals surface area contributed by atoms with Gasteiger partial charge in [0.25, 0.3) is 0 Å². The molecule has 0 aromatic carbocycles. The minimum atomic E-state index is -0.540. The summed E-state index contributed by atoms with van der Waals surface area (Å²) in [4.78, 5) is 19.4. The zero-order valence-electron chi connectivity index (χ0n) is 10.8. The average molecular weight is 253 g/mol. The van der Waals surface area contributed by atoms with Crippen molar-refractivity contribution in [3.63, 3.8) is 0 Å². The maximum Gasteiger partial charge on any atom is 0.376 e. The lowest BCUT2D eigenvalue weighted by Crippen LogP contribution is -2.12. The molecule has 6 nitrogen and oxygen atoms in total. The van der Waals surface area contributed by atoms with Gasteiger partial charge in [-0.2, -0.15) is 0 Å². The van der Waals surface area contributed by atoms with Gasteiger partial charge in [-0.3, -0.25) is 0 Å². The summed E-state index contributed by atoms with van der Waals surface area (Å²) in [6.07, 6.45) is 2.70. The number of methoxy groups -OCH3 is 1. The number of ether oxygens (including phenoxy) is 1. The van der Waals surface area contributed by atoms with Crippen LogP contribution in [0.4, 0.5) is 5.82 Å². The van der Waals surface area contributed by atoms with E-state index in [4.69, 9.17) is 5.11 Å². The van der Waals surface area contributed by atoms with Crippen molar-refractivity contribution in [3.05, 3.63) is 17.6 Å². The van der Waals surface area contributed by atoms with Crippen molar-refractivity contribution in [3.8, 4) is 0 Å². The molecule has 100 valence electrons. The lowest BCUT2D eigenvalue weighted by Gasteiger charge is -2.07. The monoisotopic (exact) mass is 253 g/mol. The number of rotatable bonds is 7. The van der Waals surface area contributed by atoms with E-state index in [1.165, 1.54) is 7.11 Å².